The summed E-state index contributed by atoms with van der Waals surface area (Å²) >= 11 is 0. The molecule has 0 spiro atoms. The summed E-state index contributed by atoms with van der Waals surface area (Å²) in [7, 11) is -8.43. The van der Waals surface area contributed by atoms with Crippen molar-refractivity contribution in [2.75, 3.05) is 13.2 Å². The van der Waals surface area contributed by atoms with Gasteiger partial charge in [-0.1, -0.05) is 271 Å². The number of rotatable bonds is 15. The van der Waals surface area contributed by atoms with E-state index in [9.17, 15) is 0 Å². The number of hydrogen-bond acceptors (Lipinski definition) is 7. The zero-order chi connectivity index (χ0) is 57.4. The molecule has 1 saturated heterocycles. The van der Waals surface area contributed by atoms with Crippen molar-refractivity contribution in [2.24, 2.45) is 0 Å². The quantitative estimate of drug-likeness (QED) is 0.0749. The van der Waals surface area contributed by atoms with Crippen molar-refractivity contribution in [3.05, 3.63) is 208 Å². The van der Waals surface area contributed by atoms with E-state index in [0.717, 1.165) is 39.1 Å². The van der Waals surface area contributed by atoms with Gasteiger partial charge in [-0.15, -0.1) is 0 Å². The summed E-state index contributed by atoms with van der Waals surface area (Å²) in [5.41, 5.74) is 8.66. The first-order valence-electron chi connectivity index (χ1n) is 28.6. The highest BCUT2D eigenvalue weighted by Crippen LogP contribution is 2.54. The molecule has 7 nitrogen and oxygen atoms in total. The molecule has 0 amide bonds. The van der Waals surface area contributed by atoms with Crippen molar-refractivity contribution in [1.82, 2.24) is 0 Å². The van der Waals surface area contributed by atoms with Gasteiger partial charge in [-0.2, -0.15) is 0 Å². The van der Waals surface area contributed by atoms with Gasteiger partial charge in [0.05, 0.1) is 13.2 Å². The van der Waals surface area contributed by atoms with Crippen LogP contribution in [-0.4, -0.2) is 54.3 Å². The van der Waals surface area contributed by atoms with Crippen LogP contribution in [0.3, 0.4) is 0 Å². The maximum atomic E-state index is 7.88. The van der Waals surface area contributed by atoms with Crippen molar-refractivity contribution >= 4 is 60.1 Å². The van der Waals surface area contributed by atoms with Crippen LogP contribution in [0.25, 0.3) is 0 Å². The van der Waals surface area contributed by atoms with E-state index >= 15 is 0 Å². The van der Waals surface area contributed by atoms with Gasteiger partial charge in [0.1, 0.15) is 35.9 Å². The average molecular weight is 1160 g/mol. The number of hydrogen-bond donors (Lipinski definition) is 0. The Morgan fingerprint density at radius 2 is 0.864 bits per heavy atom. The van der Waals surface area contributed by atoms with E-state index in [1.807, 2.05) is 0 Å². The number of ether oxygens (including phenoxy) is 1. The van der Waals surface area contributed by atoms with Crippen LogP contribution in [0.5, 0.6) is 11.5 Å². The van der Waals surface area contributed by atoms with Crippen molar-refractivity contribution in [2.45, 2.75) is 170 Å². The number of aryl methyl sites for hydroxylation is 4. The highest BCUT2D eigenvalue weighted by molar-refractivity contribution is 7.42. The zero-order valence-corrected chi connectivity index (χ0v) is 54.2. The third-order valence-corrected chi connectivity index (χ3v) is 28.3. The predicted octanol–water partition coefficient (Wildman–Crippen LogP) is 15.4. The monoisotopic (exact) mass is 1160 g/mol. The van der Waals surface area contributed by atoms with Crippen LogP contribution in [-0.2, 0) is 39.9 Å². The molecule has 2 aliphatic heterocycles. The summed E-state index contributed by atoms with van der Waals surface area (Å²) in [4.78, 5) is 0. The van der Waals surface area contributed by atoms with Gasteiger partial charge in [-0.05, 0) is 86.0 Å². The Bertz CT molecular complexity index is 3070. The van der Waals surface area contributed by atoms with Crippen LogP contribution in [0.1, 0.15) is 135 Å². The highest BCUT2D eigenvalue weighted by Gasteiger charge is 2.56. The number of benzene rings is 7. The fourth-order valence-electron chi connectivity index (χ4n) is 12.1. The Hall–Kier alpha value is -4.77. The van der Waals surface area contributed by atoms with Crippen LogP contribution >= 0.6 is 17.4 Å². The fourth-order valence-corrected chi connectivity index (χ4v) is 23.5. The first-order valence-corrected chi connectivity index (χ1v) is 34.4. The summed E-state index contributed by atoms with van der Waals surface area (Å²) in [6.45, 7) is 36.5. The summed E-state index contributed by atoms with van der Waals surface area (Å²) in [5, 5.41) is 5.28. The lowest BCUT2D eigenvalue weighted by Crippen LogP contribution is -2.67. The molecule has 1 unspecified atom stereocenters. The first kappa shape index (κ1) is 62.3. The molecule has 0 radical (unpaired) electrons. The minimum atomic E-state index is -3.12. The molecule has 0 bridgehead atoms. The van der Waals surface area contributed by atoms with Crippen LogP contribution in [0.4, 0.5) is 0 Å². The molecule has 9 rings (SSSR count). The molecule has 0 saturated carbocycles. The molecule has 81 heavy (non-hydrogen) atoms. The Kier molecular flexibility index (Phi) is 19.1. The zero-order valence-electron chi connectivity index (χ0n) is 50.3. The van der Waals surface area contributed by atoms with Gasteiger partial charge in [-0.25, -0.2) is 0 Å². The topological polar surface area (TPSA) is 64.6 Å². The van der Waals surface area contributed by atoms with E-state index in [4.69, 9.17) is 31.7 Å². The van der Waals surface area contributed by atoms with Crippen molar-refractivity contribution in [1.29, 1.82) is 0 Å². The van der Waals surface area contributed by atoms with Gasteiger partial charge >= 0.3 is 8.60 Å². The Morgan fingerprint density at radius 1 is 0.481 bits per heavy atom. The molecule has 0 aromatic heterocycles. The van der Waals surface area contributed by atoms with Crippen LogP contribution in [0, 0.1) is 27.7 Å². The van der Waals surface area contributed by atoms with E-state index in [1.165, 1.54) is 43.0 Å². The van der Waals surface area contributed by atoms with Crippen LogP contribution in [0.2, 0.25) is 10.1 Å². The molecule has 11 heteroatoms. The van der Waals surface area contributed by atoms with Gasteiger partial charge in [0.25, 0.3) is 16.6 Å². The summed E-state index contributed by atoms with van der Waals surface area (Å²) < 4.78 is 53.6. The van der Waals surface area contributed by atoms with E-state index < -0.39 is 49.7 Å². The molecule has 2 aliphatic rings. The van der Waals surface area contributed by atoms with Gasteiger partial charge in [0.15, 0.2) is 0 Å². The van der Waals surface area contributed by atoms with E-state index in [2.05, 4.69) is 275 Å². The van der Waals surface area contributed by atoms with E-state index in [0.29, 0.717) is 6.42 Å². The molecule has 1 fully saturated rings. The lowest BCUT2D eigenvalue weighted by Gasteiger charge is -2.44. The molecule has 430 valence electrons. The minimum absolute atomic E-state index is 0. The minimum Gasteiger partial charge on any atom is -0.417 e. The third kappa shape index (κ3) is 13.1. The second-order valence-electron chi connectivity index (χ2n) is 26.4. The van der Waals surface area contributed by atoms with Gasteiger partial charge in [0.2, 0.25) is 0 Å². The first-order chi connectivity index (χ1) is 37.8. The maximum absolute atomic E-state index is 7.88. The Balaban J connectivity index is 0.00000860. The average Bonchev–Trinajstić information content (AvgIpc) is 3.78. The van der Waals surface area contributed by atoms with E-state index in [1.54, 1.807) is 0 Å². The SMILES string of the molecule is C.Cc1ccc(PO[C@H]2[C@H](OP3Oc4c(cc(C)cc4C(C)(C)C)Cc4cc(C)cc(C(C)(C)C)c4O3)[C@@H](CO[Si](c3ccccc3)(c3ccccc3)C(C)(C)C)O[C@@H]2CO[Si](c2ccccc2)(c2ccccc2)C(C)(C)C)c(C)c1. The Morgan fingerprint density at radius 3 is 1.22 bits per heavy atom. The molecule has 5 atom stereocenters. The van der Waals surface area contributed by atoms with Crippen molar-refractivity contribution in [3.63, 3.8) is 0 Å². The standard InChI is InChI=1S/C69H86O7P2Si2.CH4/c1-47-37-38-61(50(4)39-47)77-73-64-59(45-70-79(68(11,12)13,53-29-21-17-22-30-53)54-31-23-18-24-32-54)72-60(46-71-80(69(14,15)16,55-33-25-19-26-34-55)56-35-27-20-28-36-56)65(64)76-78-74-62-51(40-48(2)42-57(62)66(5,6)7)44-52-41-49(3)43-58(63(52)75-78)67(8,9)10;/h17-43,59-60,64-65,77H,44-46H2,1-16H3;1H4/t59-,60-,64-,65-;/m1./s1. The van der Waals surface area contributed by atoms with Gasteiger partial charge in [-0.3, -0.25) is 4.52 Å². The van der Waals surface area contributed by atoms with E-state index in [-0.39, 0.29) is 50.4 Å². The molecule has 7 aromatic carbocycles. The number of fused-ring (bicyclic) bond motifs is 2. The molecule has 2 heterocycles. The molecule has 0 aliphatic carbocycles. The molecule has 7 aromatic rings. The van der Waals surface area contributed by atoms with Crippen LogP contribution in [0.15, 0.2) is 164 Å². The Labute approximate surface area is 492 Å². The fraction of sp³-hybridized carbons (Fsp3) is 0.400. The maximum Gasteiger partial charge on any atom is 0.463 e. The normalized spacial score (nSPS) is 18.3. The van der Waals surface area contributed by atoms with Gasteiger partial charge < -0.3 is 27.2 Å². The lowest BCUT2D eigenvalue weighted by atomic mass is 9.81. The highest BCUT2D eigenvalue weighted by atomic mass is 31.2. The lowest BCUT2D eigenvalue weighted by molar-refractivity contribution is -0.0304. The largest absolute Gasteiger partial charge is 0.463 e. The third-order valence-electron chi connectivity index (χ3n) is 16.0. The second-order valence-corrected chi connectivity index (χ2v) is 37.0. The van der Waals surface area contributed by atoms with Crippen LogP contribution < -0.4 is 35.1 Å². The van der Waals surface area contributed by atoms with Crippen molar-refractivity contribution < 1.29 is 31.7 Å². The second kappa shape index (κ2) is 24.8. The van der Waals surface area contributed by atoms with Gasteiger partial charge in [0, 0.05) is 31.7 Å². The smallest absolute Gasteiger partial charge is 0.417 e. The summed E-state index contributed by atoms with van der Waals surface area (Å²) in [6.07, 6.45) is -2.01. The summed E-state index contributed by atoms with van der Waals surface area (Å²) in [6, 6.07) is 59.0. The predicted molar refractivity (Wildman–Crippen MR) is 347 cm³/mol. The molecule has 0 N–H and O–H groups in total. The molecular formula is C70H90O7P2Si2. The molecular weight excluding hydrogens is 1070 g/mol. The van der Waals surface area contributed by atoms with Crippen molar-refractivity contribution in [3.8, 4) is 11.5 Å². The summed E-state index contributed by atoms with van der Waals surface area (Å²) in [5.74, 6) is 1.61.